The van der Waals surface area contributed by atoms with Crippen LogP contribution in [0.4, 0.5) is 0 Å². The Kier molecular flexibility index (Phi) is 6.34. The molecule has 3 aromatic rings. The van der Waals surface area contributed by atoms with Crippen molar-refractivity contribution in [1.29, 1.82) is 5.41 Å². The van der Waals surface area contributed by atoms with Gasteiger partial charge in [-0.2, -0.15) is 0 Å². The molecule has 0 saturated heterocycles. The molecule has 0 aliphatic rings. The highest BCUT2D eigenvalue weighted by atomic mass is 16.5. The van der Waals surface area contributed by atoms with E-state index in [-0.39, 0.29) is 11.5 Å². The fourth-order valence-corrected chi connectivity index (χ4v) is 3.22. The number of carbonyl (C=O) groups excluding carboxylic acids is 1. The van der Waals surface area contributed by atoms with Crippen molar-refractivity contribution < 1.29 is 14.3 Å². The van der Waals surface area contributed by atoms with Crippen LogP contribution in [0.15, 0.2) is 54.2 Å². The molecule has 1 amide bonds. The van der Waals surface area contributed by atoms with Crippen molar-refractivity contribution >= 4 is 28.8 Å². The maximum Gasteiger partial charge on any atom is 0.256 e. The monoisotopic (exact) mass is 391 g/mol. The van der Waals surface area contributed by atoms with E-state index >= 15 is 0 Å². The Balaban J connectivity index is 1.73. The van der Waals surface area contributed by atoms with Gasteiger partial charge in [-0.05, 0) is 37.1 Å². The molecule has 0 radical (unpaired) electrons. The highest BCUT2D eigenvalue weighted by molar-refractivity contribution is 6.16. The van der Waals surface area contributed by atoms with Gasteiger partial charge in [0.15, 0.2) is 0 Å². The van der Waals surface area contributed by atoms with E-state index < -0.39 is 0 Å². The van der Waals surface area contributed by atoms with E-state index in [0.717, 1.165) is 39.6 Å². The van der Waals surface area contributed by atoms with E-state index in [4.69, 9.17) is 14.9 Å². The number of hydrogen-bond donors (Lipinski definition) is 3. The lowest BCUT2D eigenvalue weighted by atomic mass is 10.1. The first-order chi connectivity index (χ1) is 14.1. The first kappa shape index (κ1) is 20.2. The second-order valence-electron chi connectivity index (χ2n) is 6.69. The van der Waals surface area contributed by atoms with Gasteiger partial charge >= 0.3 is 0 Å². The van der Waals surface area contributed by atoms with Crippen molar-refractivity contribution in [3.8, 4) is 5.75 Å². The van der Waals surface area contributed by atoms with Crippen molar-refractivity contribution in [1.82, 2.24) is 10.3 Å². The van der Waals surface area contributed by atoms with Crippen molar-refractivity contribution in [2.45, 2.75) is 13.3 Å². The smallest absolute Gasteiger partial charge is 0.256 e. The van der Waals surface area contributed by atoms with Gasteiger partial charge in [0.2, 0.25) is 0 Å². The van der Waals surface area contributed by atoms with Crippen LogP contribution in [0.25, 0.3) is 16.7 Å². The van der Waals surface area contributed by atoms with Gasteiger partial charge in [0, 0.05) is 35.4 Å². The number of fused-ring (bicyclic) bond motifs is 1. The molecule has 0 bridgehead atoms. The summed E-state index contributed by atoms with van der Waals surface area (Å²) in [6, 6.07) is 13.5. The minimum atomic E-state index is -0.338. The number of nitrogens with one attached hydrogen (secondary N) is 3. The number of ether oxygens (including phenoxy) is 2. The molecule has 150 valence electrons. The Morgan fingerprint density at radius 1 is 1.17 bits per heavy atom. The number of aryl methyl sites for hydroxylation is 1. The molecule has 3 rings (SSSR count). The van der Waals surface area contributed by atoms with E-state index in [2.05, 4.69) is 10.3 Å². The molecule has 2 aromatic carbocycles. The molecular weight excluding hydrogens is 366 g/mol. The maximum absolute atomic E-state index is 12.7. The normalized spacial score (nSPS) is 11.7. The largest absolute Gasteiger partial charge is 0.497 e. The highest BCUT2D eigenvalue weighted by Gasteiger charge is 2.16. The van der Waals surface area contributed by atoms with E-state index in [9.17, 15) is 4.79 Å². The number of hydrogen-bond acceptors (Lipinski definition) is 4. The second kappa shape index (κ2) is 9.10. The van der Waals surface area contributed by atoms with Gasteiger partial charge in [-0.25, -0.2) is 0 Å². The van der Waals surface area contributed by atoms with Crippen molar-refractivity contribution in [3.63, 3.8) is 0 Å². The number of methoxy groups -OCH3 is 2. The standard InChI is InChI=1S/C23H25N3O3/c1-15-4-6-16(7-5-15)22(29-3)20(13-24)23(27)25-11-10-17-14-26-21-9-8-18(28-2)12-19(17)21/h4-9,12-14,24,26H,10-11H2,1-3H3,(H,25,27)/b22-20+,24-13?. The lowest BCUT2D eigenvalue weighted by Crippen LogP contribution is -2.28. The summed E-state index contributed by atoms with van der Waals surface area (Å²) in [5.41, 5.74) is 4.17. The fourth-order valence-electron chi connectivity index (χ4n) is 3.22. The van der Waals surface area contributed by atoms with Gasteiger partial charge in [-0.3, -0.25) is 4.79 Å². The summed E-state index contributed by atoms with van der Waals surface area (Å²) in [5.74, 6) is 0.837. The Labute approximate surface area is 170 Å². The maximum atomic E-state index is 12.7. The summed E-state index contributed by atoms with van der Waals surface area (Å²) in [6.07, 6.45) is 3.62. The first-order valence-electron chi connectivity index (χ1n) is 9.35. The zero-order valence-electron chi connectivity index (χ0n) is 16.8. The molecule has 0 fully saturated rings. The van der Waals surface area contributed by atoms with Crippen molar-refractivity contribution in [3.05, 3.63) is 70.9 Å². The molecular formula is C23H25N3O3. The number of amides is 1. The molecule has 0 aliphatic carbocycles. The van der Waals surface area contributed by atoms with Crippen LogP contribution in [0.3, 0.4) is 0 Å². The Morgan fingerprint density at radius 3 is 2.59 bits per heavy atom. The van der Waals surface area contributed by atoms with Gasteiger partial charge in [0.1, 0.15) is 11.5 Å². The summed E-state index contributed by atoms with van der Waals surface area (Å²) in [4.78, 5) is 15.9. The lowest BCUT2D eigenvalue weighted by Gasteiger charge is -2.12. The molecule has 0 aliphatic heterocycles. The predicted molar refractivity (Wildman–Crippen MR) is 115 cm³/mol. The highest BCUT2D eigenvalue weighted by Crippen LogP contribution is 2.24. The molecule has 3 N–H and O–H groups in total. The number of rotatable bonds is 8. The zero-order chi connectivity index (χ0) is 20.8. The third-order valence-corrected chi connectivity index (χ3v) is 4.81. The molecule has 0 saturated carbocycles. The number of benzene rings is 2. The molecule has 0 spiro atoms. The zero-order valence-corrected chi connectivity index (χ0v) is 16.8. The van der Waals surface area contributed by atoms with Gasteiger partial charge in [0.25, 0.3) is 5.91 Å². The van der Waals surface area contributed by atoms with Gasteiger partial charge < -0.3 is 25.2 Å². The third-order valence-electron chi connectivity index (χ3n) is 4.81. The molecule has 0 unspecified atom stereocenters. The molecule has 6 nitrogen and oxygen atoms in total. The van der Waals surface area contributed by atoms with Crippen LogP contribution in [-0.4, -0.2) is 37.9 Å². The summed E-state index contributed by atoms with van der Waals surface area (Å²) in [5, 5.41) is 11.7. The van der Waals surface area contributed by atoms with E-state index in [1.807, 2.05) is 55.6 Å². The van der Waals surface area contributed by atoms with Gasteiger partial charge in [0.05, 0.1) is 19.8 Å². The predicted octanol–water partition coefficient (Wildman–Crippen LogP) is 3.85. The van der Waals surface area contributed by atoms with Crippen molar-refractivity contribution in [2.75, 3.05) is 20.8 Å². The van der Waals surface area contributed by atoms with E-state index in [1.54, 1.807) is 7.11 Å². The Morgan fingerprint density at radius 2 is 1.93 bits per heavy atom. The minimum absolute atomic E-state index is 0.192. The van der Waals surface area contributed by atoms with Gasteiger partial charge in [-0.15, -0.1) is 0 Å². The molecule has 29 heavy (non-hydrogen) atoms. The Bertz CT molecular complexity index is 1050. The van der Waals surface area contributed by atoms with Crippen LogP contribution in [0, 0.1) is 12.3 Å². The van der Waals surface area contributed by atoms with Gasteiger partial charge in [-0.1, -0.05) is 29.8 Å². The third kappa shape index (κ3) is 4.48. The molecule has 0 atom stereocenters. The lowest BCUT2D eigenvalue weighted by molar-refractivity contribution is -0.116. The minimum Gasteiger partial charge on any atom is -0.497 e. The van der Waals surface area contributed by atoms with Crippen LogP contribution in [-0.2, 0) is 16.0 Å². The summed E-state index contributed by atoms with van der Waals surface area (Å²) in [7, 11) is 3.14. The average molecular weight is 391 g/mol. The summed E-state index contributed by atoms with van der Waals surface area (Å²) in [6.45, 7) is 2.43. The van der Waals surface area contributed by atoms with Crippen molar-refractivity contribution in [2.24, 2.45) is 0 Å². The summed E-state index contributed by atoms with van der Waals surface area (Å²) >= 11 is 0. The van der Waals surface area contributed by atoms with Crippen LogP contribution in [0.2, 0.25) is 0 Å². The number of H-pyrrole nitrogens is 1. The molecule has 6 heteroatoms. The second-order valence-corrected chi connectivity index (χ2v) is 6.69. The van der Waals surface area contributed by atoms with Crippen LogP contribution in [0.5, 0.6) is 5.75 Å². The first-order valence-corrected chi connectivity index (χ1v) is 9.35. The fraction of sp³-hybridized carbons (Fsp3) is 0.217. The number of carbonyl (C=O) groups is 1. The topological polar surface area (TPSA) is 87.2 Å². The summed E-state index contributed by atoms with van der Waals surface area (Å²) < 4.78 is 10.7. The quantitative estimate of drug-likeness (QED) is 0.310. The van der Waals surface area contributed by atoms with Crippen LogP contribution < -0.4 is 10.1 Å². The number of aromatic amines is 1. The Hall–Kier alpha value is -3.54. The number of aromatic nitrogens is 1. The average Bonchev–Trinajstić information content (AvgIpc) is 3.14. The van der Waals surface area contributed by atoms with Crippen LogP contribution in [0.1, 0.15) is 16.7 Å². The molecule has 1 heterocycles. The molecule has 1 aromatic heterocycles. The van der Waals surface area contributed by atoms with E-state index in [0.29, 0.717) is 18.7 Å². The van der Waals surface area contributed by atoms with E-state index in [1.165, 1.54) is 7.11 Å². The SMILES string of the molecule is CO/C(=C(\C=N)C(=O)NCCc1c[nH]c2ccc(OC)cc12)c1ccc(C)cc1. The van der Waals surface area contributed by atoms with Crippen LogP contribution >= 0.6 is 0 Å².